The van der Waals surface area contributed by atoms with E-state index in [9.17, 15) is 4.79 Å². The van der Waals surface area contributed by atoms with Crippen LogP contribution in [0.5, 0.6) is 5.75 Å². The van der Waals surface area contributed by atoms with E-state index < -0.39 is 0 Å². The van der Waals surface area contributed by atoms with Crippen LogP contribution >= 0.6 is 0 Å². The molecule has 4 aromatic rings. The first kappa shape index (κ1) is 17.7. The van der Waals surface area contributed by atoms with Crippen LogP contribution in [0.3, 0.4) is 0 Å². The molecule has 0 aliphatic rings. The van der Waals surface area contributed by atoms with Gasteiger partial charge in [0.15, 0.2) is 0 Å². The van der Waals surface area contributed by atoms with Crippen molar-refractivity contribution < 1.29 is 14.1 Å². The molecule has 1 amide bonds. The van der Waals surface area contributed by atoms with E-state index in [2.05, 4.69) is 25.4 Å². The summed E-state index contributed by atoms with van der Waals surface area (Å²) in [7, 11) is 1.61. The van der Waals surface area contributed by atoms with Crippen molar-refractivity contribution in [2.24, 2.45) is 0 Å². The second kappa shape index (κ2) is 7.91. The van der Waals surface area contributed by atoms with Crippen molar-refractivity contribution in [3.8, 4) is 17.1 Å². The Morgan fingerprint density at radius 3 is 2.75 bits per heavy atom. The summed E-state index contributed by atoms with van der Waals surface area (Å²) in [6.45, 7) is 0.342. The van der Waals surface area contributed by atoms with E-state index in [1.165, 1.54) is 0 Å². The molecule has 2 N–H and O–H groups in total. The van der Waals surface area contributed by atoms with Gasteiger partial charge in [0.2, 0.25) is 17.6 Å². The number of amides is 1. The van der Waals surface area contributed by atoms with E-state index in [1.54, 1.807) is 7.11 Å². The molecule has 0 aliphatic carbocycles. The molecule has 2 aromatic heterocycles. The molecule has 2 heterocycles. The summed E-state index contributed by atoms with van der Waals surface area (Å²) < 4.78 is 10.4. The van der Waals surface area contributed by atoms with Crippen molar-refractivity contribution >= 4 is 16.9 Å². The minimum Gasteiger partial charge on any atom is -0.497 e. The van der Waals surface area contributed by atoms with Crippen molar-refractivity contribution in [1.82, 2.24) is 25.4 Å². The van der Waals surface area contributed by atoms with Gasteiger partial charge in [0, 0.05) is 18.4 Å². The van der Waals surface area contributed by atoms with E-state index >= 15 is 0 Å². The maximum atomic E-state index is 12.1. The summed E-state index contributed by atoms with van der Waals surface area (Å²) >= 11 is 0. The normalized spacial score (nSPS) is 10.9. The van der Waals surface area contributed by atoms with Gasteiger partial charge in [0.1, 0.15) is 11.6 Å². The maximum Gasteiger partial charge on any atom is 0.227 e. The highest BCUT2D eigenvalue weighted by Crippen LogP contribution is 2.20. The number of nitrogens with one attached hydrogen (secondary N) is 2. The minimum absolute atomic E-state index is 0.107. The number of hydrogen-bond donors (Lipinski definition) is 2. The lowest BCUT2D eigenvalue weighted by molar-refractivity contribution is -0.121. The zero-order valence-corrected chi connectivity index (χ0v) is 15.3. The van der Waals surface area contributed by atoms with Crippen LogP contribution in [0.4, 0.5) is 0 Å². The lowest BCUT2D eigenvalue weighted by Gasteiger charge is -2.01. The summed E-state index contributed by atoms with van der Waals surface area (Å²) in [5, 5.41) is 6.81. The Morgan fingerprint density at radius 1 is 1.14 bits per heavy atom. The van der Waals surface area contributed by atoms with Gasteiger partial charge in [-0.15, -0.1) is 0 Å². The molecule has 0 bridgehead atoms. The molecule has 0 spiro atoms. The molecule has 4 rings (SSSR count). The van der Waals surface area contributed by atoms with Crippen LogP contribution in [-0.2, 0) is 17.8 Å². The fourth-order valence-electron chi connectivity index (χ4n) is 2.79. The maximum absolute atomic E-state index is 12.1. The van der Waals surface area contributed by atoms with Gasteiger partial charge in [-0.3, -0.25) is 4.79 Å². The zero-order valence-electron chi connectivity index (χ0n) is 15.3. The predicted molar refractivity (Wildman–Crippen MR) is 103 cm³/mol. The Bertz CT molecular complexity index is 1050. The molecule has 8 nitrogen and oxygen atoms in total. The van der Waals surface area contributed by atoms with Gasteiger partial charge in [0.05, 0.1) is 24.7 Å². The molecule has 8 heteroatoms. The molecular weight excluding hydrogens is 358 g/mol. The smallest absolute Gasteiger partial charge is 0.227 e. The standard InChI is InChI=1S/C20H19N5O3/c1-27-14-8-6-13(7-9-14)20-24-19(28-25-20)11-10-18(26)21-12-17-22-15-4-2-3-5-16(15)23-17/h2-9H,10-12H2,1H3,(H,21,26)(H,22,23). The minimum atomic E-state index is -0.107. The number of imidazole rings is 1. The van der Waals surface area contributed by atoms with Crippen LogP contribution in [0.15, 0.2) is 53.1 Å². The summed E-state index contributed by atoms with van der Waals surface area (Å²) in [6.07, 6.45) is 0.625. The van der Waals surface area contributed by atoms with Gasteiger partial charge in [-0.25, -0.2) is 4.98 Å². The Labute approximate surface area is 160 Å². The second-order valence-electron chi connectivity index (χ2n) is 6.22. The van der Waals surface area contributed by atoms with Gasteiger partial charge < -0.3 is 19.6 Å². The number of aromatic nitrogens is 4. The predicted octanol–water partition coefficient (Wildman–Crippen LogP) is 2.87. The molecule has 0 saturated heterocycles. The van der Waals surface area contributed by atoms with E-state index in [1.807, 2.05) is 48.5 Å². The van der Waals surface area contributed by atoms with E-state index in [0.717, 1.165) is 22.3 Å². The average Bonchev–Trinajstić information content (AvgIpc) is 3.37. The van der Waals surface area contributed by atoms with Crippen molar-refractivity contribution in [1.29, 1.82) is 0 Å². The molecule has 0 atom stereocenters. The number of fused-ring (bicyclic) bond motifs is 1. The average molecular weight is 377 g/mol. The Morgan fingerprint density at radius 2 is 1.96 bits per heavy atom. The molecule has 142 valence electrons. The van der Waals surface area contributed by atoms with Gasteiger partial charge in [-0.05, 0) is 36.4 Å². The quantitative estimate of drug-likeness (QED) is 0.513. The van der Waals surface area contributed by atoms with Gasteiger partial charge in [-0.1, -0.05) is 17.3 Å². The van der Waals surface area contributed by atoms with Gasteiger partial charge >= 0.3 is 0 Å². The Balaban J connectivity index is 1.29. The number of carbonyl (C=O) groups excluding carboxylic acids is 1. The third-order valence-electron chi connectivity index (χ3n) is 4.27. The van der Waals surface area contributed by atoms with E-state index in [-0.39, 0.29) is 12.3 Å². The number of nitrogens with zero attached hydrogens (tertiary/aromatic N) is 3. The fourth-order valence-corrected chi connectivity index (χ4v) is 2.79. The number of methoxy groups -OCH3 is 1. The number of H-pyrrole nitrogens is 1. The van der Waals surface area contributed by atoms with Gasteiger partial charge in [-0.2, -0.15) is 4.98 Å². The van der Waals surface area contributed by atoms with Crippen molar-refractivity contribution in [3.05, 3.63) is 60.2 Å². The van der Waals surface area contributed by atoms with Crippen molar-refractivity contribution in [3.63, 3.8) is 0 Å². The summed E-state index contributed by atoms with van der Waals surface area (Å²) in [4.78, 5) is 24.0. The zero-order chi connectivity index (χ0) is 19.3. The topological polar surface area (TPSA) is 106 Å². The van der Waals surface area contributed by atoms with Crippen LogP contribution < -0.4 is 10.1 Å². The number of ether oxygens (including phenoxy) is 1. The molecule has 2 aromatic carbocycles. The summed E-state index contributed by atoms with van der Waals surface area (Å²) in [5.41, 5.74) is 2.65. The van der Waals surface area contributed by atoms with Crippen LogP contribution in [0.1, 0.15) is 18.1 Å². The lowest BCUT2D eigenvalue weighted by Crippen LogP contribution is -2.23. The number of benzene rings is 2. The van der Waals surface area contributed by atoms with Crippen LogP contribution in [0, 0.1) is 0 Å². The first-order valence-electron chi connectivity index (χ1n) is 8.88. The molecule has 28 heavy (non-hydrogen) atoms. The van der Waals surface area contributed by atoms with Crippen molar-refractivity contribution in [2.45, 2.75) is 19.4 Å². The molecule has 0 fully saturated rings. The number of hydrogen-bond acceptors (Lipinski definition) is 6. The lowest BCUT2D eigenvalue weighted by atomic mass is 10.2. The first-order valence-corrected chi connectivity index (χ1v) is 8.88. The monoisotopic (exact) mass is 377 g/mol. The highest BCUT2D eigenvalue weighted by molar-refractivity contribution is 5.77. The highest BCUT2D eigenvalue weighted by atomic mass is 16.5. The number of aromatic amines is 1. The van der Waals surface area contributed by atoms with Crippen LogP contribution in [0.25, 0.3) is 22.4 Å². The second-order valence-corrected chi connectivity index (χ2v) is 6.22. The SMILES string of the molecule is COc1ccc(-c2noc(CCC(=O)NCc3nc4ccccc4[nH]3)n2)cc1. The molecule has 0 saturated carbocycles. The van der Waals surface area contributed by atoms with Crippen LogP contribution in [-0.4, -0.2) is 33.1 Å². The fraction of sp³-hybridized carbons (Fsp3) is 0.200. The van der Waals surface area contributed by atoms with Gasteiger partial charge in [0.25, 0.3) is 0 Å². The highest BCUT2D eigenvalue weighted by Gasteiger charge is 2.11. The molecule has 0 unspecified atom stereocenters. The molecular formula is C20H19N5O3. The molecule has 0 aliphatic heterocycles. The number of rotatable bonds is 7. The summed E-state index contributed by atoms with van der Waals surface area (Å²) in [6, 6.07) is 15.1. The number of para-hydroxylation sites is 2. The third kappa shape index (κ3) is 4.01. The third-order valence-corrected chi connectivity index (χ3v) is 4.27. The number of carbonyl (C=O) groups is 1. The first-order chi connectivity index (χ1) is 13.7. The number of aryl methyl sites for hydroxylation is 1. The van der Waals surface area contributed by atoms with E-state index in [0.29, 0.717) is 30.5 Å². The van der Waals surface area contributed by atoms with Crippen molar-refractivity contribution in [2.75, 3.05) is 7.11 Å². The van der Waals surface area contributed by atoms with E-state index in [4.69, 9.17) is 9.26 Å². The Kier molecular flexibility index (Phi) is 5.01. The van der Waals surface area contributed by atoms with Crippen LogP contribution in [0.2, 0.25) is 0 Å². The largest absolute Gasteiger partial charge is 0.497 e. The summed E-state index contributed by atoms with van der Waals surface area (Å²) in [5.74, 6) is 2.28. The molecule has 0 radical (unpaired) electrons. The Hall–Kier alpha value is -3.68.